The number of hydrogen-bond donors (Lipinski definition) is 2. The van der Waals surface area contributed by atoms with E-state index in [1.165, 1.54) is 0 Å². The molecule has 106 valence electrons. The second-order valence-corrected chi connectivity index (χ2v) is 5.76. The van der Waals surface area contributed by atoms with Crippen molar-refractivity contribution >= 4 is 33.6 Å². The Kier molecular flexibility index (Phi) is 5.28. The van der Waals surface area contributed by atoms with Gasteiger partial charge in [0.05, 0.1) is 6.10 Å². The number of furan rings is 1. The molecule has 2 aromatic rings. The number of rotatable bonds is 5. The molecule has 0 bridgehead atoms. The van der Waals surface area contributed by atoms with Crippen molar-refractivity contribution in [2.24, 2.45) is 0 Å². The van der Waals surface area contributed by atoms with Crippen LogP contribution in [0.25, 0.3) is 0 Å². The fraction of sp³-hybridized carbons (Fsp3) is 0.214. The summed E-state index contributed by atoms with van der Waals surface area (Å²) in [5.41, 5.74) is 0.767. The van der Waals surface area contributed by atoms with E-state index in [1.54, 1.807) is 23.9 Å². The normalized spacial score (nSPS) is 12.2. The number of halogens is 1. The summed E-state index contributed by atoms with van der Waals surface area (Å²) in [6, 6.07) is 10.8. The number of thioether (sulfide) groups is 1. The molecule has 0 radical (unpaired) electrons. The van der Waals surface area contributed by atoms with Gasteiger partial charge in [-0.05, 0) is 52.0 Å². The van der Waals surface area contributed by atoms with Crippen molar-refractivity contribution in [1.29, 1.82) is 0 Å². The van der Waals surface area contributed by atoms with E-state index in [0.717, 1.165) is 10.5 Å². The van der Waals surface area contributed by atoms with Crippen molar-refractivity contribution in [3.8, 4) is 0 Å². The smallest absolute Gasteiger partial charge is 0.287 e. The summed E-state index contributed by atoms with van der Waals surface area (Å²) < 4.78 is 5.63. The standard InChI is InChI=1S/C14H14BrNO3S/c1-20-10-4-2-9(3-5-10)11(17)8-16-14(18)12-6-7-13(15)19-12/h2-7,11,17H,8H2,1H3,(H,16,18)/t11-/m0/s1. The predicted molar refractivity (Wildman–Crippen MR) is 81.9 cm³/mol. The molecule has 0 saturated carbocycles. The van der Waals surface area contributed by atoms with E-state index in [2.05, 4.69) is 21.2 Å². The fourth-order valence-electron chi connectivity index (χ4n) is 1.66. The number of benzene rings is 1. The SMILES string of the molecule is CSc1ccc([C@@H](O)CNC(=O)c2ccc(Br)o2)cc1. The van der Waals surface area contributed by atoms with Gasteiger partial charge in [-0.2, -0.15) is 0 Å². The third-order valence-electron chi connectivity index (χ3n) is 2.75. The molecule has 0 unspecified atom stereocenters. The topological polar surface area (TPSA) is 62.5 Å². The second-order valence-electron chi connectivity index (χ2n) is 4.10. The van der Waals surface area contributed by atoms with Crippen molar-refractivity contribution in [2.45, 2.75) is 11.0 Å². The maximum Gasteiger partial charge on any atom is 0.287 e. The zero-order valence-electron chi connectivity index (χ0n) is 10.8. The highest BCUT2D eigenvalue weighted by atomic mass is 79.9. The average Bonchev–Trinajstić information content (AvgIpc) is 2.91. The number of nitrogens with one attached hydrogen (secondary N) is 1. The molecular formula is C14H14BrNO3S. The van der Waals surface area contributed by atoms with E-state index in [9.17, 15) is 9.90 Å². The average molecular weight is 356 g/mol. The Morgan fingerprint density at radius 2 is 2.05 bits per heavy atom. The van der Waals surface area contributed by atoms with E-state index in [4.69, 9.17) is 4.42 Å². The zero-order valence-corrected chi connectivity index (χ0v) is 13.2. The molecule has 1 atom stereocenters. The van der Waals surface area contributed by atoms with Crippen LogP contribution < -0.4 is 5.32 Å². The maximum absolute atomic E-state index is 11.8. The summed E-state index contributed by atoms with van der Waals surface area (Å²) >= 11 is 4.77. The van der Waals surface area contributed by atoms with Crippen LogP contribution in [-0.2, 0) is 0 Å². The van der Waals surface area contributed by atoms with Gasteiger partial charge in [-0.25, -0.2) is 0 Å². The number of aliphatic hydroxyl groups is 1. The minimum absolute atomic E-state index is 0.135. The number of hydrogen-bond acceptors (Lipinski definition) is 4. The Bertz CT molecular complexity index is 582. The molecule has 1 aromatic carbocycles. The first-order valence-electron chi connectivity index (χ1n) is 5.95. The zero-order chi connectivity index (χ0) is 14.5. The molecule has 20 heavy (non-hydrogen) atoms. The molecule has 1 heterocycles. The molecule has 4 nitrogen and oxygen atoms in total. The Hall–Kier alpha value is -1.24. The summed E-state index contributed by atoms with van der Waals surface area (Å²) in [4.78, 5) is 12.9. The molecule has 2 rings (SSSR count). The lowest BCUT2D eigenvalue weighted by Gasteiger charge is -2.12. The molecule has 0 spiro atoms. The minimum atomic E-state index is -0.742. The quantitative estimate of drug-likeness (QED) is 0.808. The maximum atomic E-state index is 11.8. The number of carbonyl (C=O) groups excluding carboxylic acids is 1. The molecule has 1 aromatic heterocycles. The first-order chi connectivity index (χ1) is 9.60. The predicted octanol–water partition coefficient (Wildman–Crippen LogP) is 3.23. The molecule has 0 fully saturated rings. The molecule has 2 N–H and O–H groups in total. The van der Waals surface area contributed by atoms with Crippen molar-refractivity contribution in [3.63, 3.8) is 0 Å². The van der Waals surface area contributed by atoms with E-state index >= 15 is 0 Å². The molecule has 1 amide bonds. The van der Waals surface area contributed by atoms with E-state index < -0.39 is 6.10 Å². The van der Waals surface area contributed by atoms with E-state index in [-0.39, 0.29) is 18.2 Å². The fourth-order valence-corrected chi connectivity index (χ4v) is 2.37. The van der Waals surface area contributed by atoms with Crippen LogP contribution in [0.15, 0.2) is 50.4 Å². The van der Waals surface area contributed by atoms with Gasteiger partial charge in [0.25, 0.3) is 5.91 Å². The number of amides is 1. The lowest BCUT2D eigenvalue weighted by atomic mass is 10.1. The molecule has 0 aliphatic rings. The van der Waals surface area contributed by atoms with Crippen molar-refractivity contribution in [2.75, 3.05) is 12.8 Å². The Balaban J connectivity index is 1.91. The molecule has 0 aliphatic heterocycles. The summed E-state index contributed by atoms with van der Waals surface area (Å²) in [6.45, 7) is 0.135. The second kappa shape index (κ2) is 6.97. The number of aliphatic hydroxyl groups excluding tert-OH is 1. The highest BCUT2D eigenvalue weighted by molar-refractivity contribution is 9.10. The Morgan fingerprint density at radius 3 is 2.60 bits per heavy atom. The van der Waals surface area contributed by atoms with Gasteiger partial charge in [0.2, 0.25) is 0 Å². The van der Waals surface area contributed by atoms with E-state index in [0.29, 0.717) is 4.67 Å². The first-order valence-corrected chi connectivity index (χ1v) is 7.97. The van der Waals surface area contributed by atoms with Crippen LogP contribution in [0.2, 0.25) is 0 Å². The lowest BCUT2D eigenvalue weighted by Crippen LogP contribution is -2.28. The third-order valence-corrected chi connectivity index (χ3v) is 3.92. The highest BCUT2D eigenvalue weighted by Gasteiger charge is 2.13. The Morgan fingerprint density at radius 1 is 1.35 bits per heavy atom. The summed E-state index contributed by atoms with van der Waals surface area (Å²) in [5.74, 6) is -0.141. The van der Waals surface area contributed by atoms with Crippen molar-refractivity contribution in [3.05, 3.63) is 52.4 Å². The summed E-state index contributed by atoms with van der Waals surface area (Å²) in [7, 11) is 0. The van der Waals surface area contributed by atoms with Gasteiger partial charge in [-0.3, -0.25) is 4.79 Å². The highest BCUT2D eigenvalue weighted by Crippen LogP contribution is 2.19. The molecule has 6 heteroatoms. The van der Waals surface area contributed by atoms with Gasteiger partial charge in [0.15, 0.2) is 10.4 Å². The summed E-state index contributed by atoms with van der Waals surface area (Å²) in [5, 5.41) is 12.7. The van der Waals surface area contributed by atoms with Crippen LogP contribution >= 0.6 is 27.7 Å². The van der Waals surface area contributed by atoms with Crippen molar-refractivity contribution < 1.29 is 14.3 Å². The lowest BCUT2D eigenvalue weighted by molar-refractivity contribution is 0.0888. The van der Waals surface area contributed by atoms with Gasteiger partial charge in [-0.15, -0.1) is 11.8 Å². The molecule has 0 aliphatic carbocycles. The first kappa shape index (κ1) is 15.2. The van der Waals surface area contributed by atoms with Gasteiger partial charge < -0.3 is 14.8 Å². The van der Waals surface area contributed by atoms with Gasteiger partial charge in [0.1, 0.15) is 0 Å². The monoisotopic (exact) mass is 355 g/mol. The molecule has 0 saturated heterocycles. The van der Waals surface area contributed by atoms with Crippen molar-refractivity contribution in [1.82, 2.24) is 5.32 Å². The summed E-state index contributed by atoms with van der Waals surface area (Å²) in [6.07, 6.45) is 1.25. The van der Waals surface area contributed by atoms with Gasteiger partial charge >= 0.3 is 0 Å². The minimum Gasteiger partial charge on any atom is -0.444 e. The van der Waals surface area contributed by atoms with Crippen LogP contribution in [0.4, 0.5) is 0 Å². The van der Waals surface area contributed by atoms with Crippen LogP contribution in [0.1, 0.15) is 22.2 Å². The van der Waals surface area contributed by atoms with Crippen LogP contribution in [-0.4, -0.2) is 23.8 Å². The van der Waals surface area contributed by atoms with Gasteiger partial charge in [0, 0.05) is 11.4 Å². The van der Waals surface area contributed by atoms with Crippen LogP contribution in [0, 0.1) is 0 Å². The number of carbonyl (C=O) groups is 1. The Labute approximate surface area is 129 Å². The van der Waals surface area contributed by atoms with Crippen LogP contribution in [0.5, 0.6) is 0 Å². The van der Waals surface area contributed by atoms with Crippen LogP contribution in [0.3, 0.4) is 0 Å². The third kappa shape index (κ3) is 3.88. The van der Waals surface area contributed by atoms with Gasteiger partial charge in [-0.1, -0.05) is 12.1 Å². The van der Waals surface area contributed by atoms with E-state index in [1.807, 2.05) is 30.5 Å². The largest absolute Gasteiger partial charge is 0.444 e. The molecular weight excluding hydrogens is 342 g/mol.